The molecule has 0 bridgehead atoms. The Morgan fingerprint density at radius 1 is 1.40 bits per heavy atom. The Kier molecular flexibility index (Phi) is 4.97. The molecule has 1 heterocycles. The largest absolute Gasteiger partial charge is 0.340 e. The number of amides is 1. The molecule has 0 saturated carbocycles. The maximum atomic E-state index is 11.9. The Hall–Kier alpha value is -0.180. The van der Waals surface area contributed by atoms with Gasteiger partial charge < -0.3 is 4.90 Å². The van der Waals surface area contributed by atoms with Gasteiger partial charge in [0, 0.05) is 18.5 Å². The van der Waals surface area contributed by atoms with Gasteiger partial charge in [0.1, 0.15) is 0 Å². The predicted octanol–water partition coefficient (Wildman–Crippen LogP) is 2.78. The molecule has 1 rings (SSSR count). The molecule has 1 aliphatic heterocycles. The maximum absolute atomic E-state index is 11.9. The van der Waals surface area contributed by atoms with Crippen molar-refractivity contribution in [2.24, 2.45) is 5.92 Å². The Balaban J connectivity index is 2.30. The lowest BCUT2D eigenvalue weighted by Gasteiger charge is -2.21. The topological polar surface area (TPSA) is 20.3 Å². The molecule has 0 aromatic heterocycles. The van der Waals surface area contributed by atoms with Gasteiger partial charge in [0.15, 0.2) is 0 Å². The van der Waals surface area contributed by atoms with E-state index in [1.165, 1.54) is 0 Å². The Morgan fingerprint density at radius 2 is 2.07 bits per heavy atom. The van der Waals surface area contributed by atoms with E-state index in [9.17, 15) is 4.79 Å². The quantitative estimate of drug-likeness (QED) is 0.722. The summed E-state index contributed by atoms with van der Waals surface area (Å²) in [6.07, 6.45) is 2.13. The average molecular weight is 229 g/mol. The fourth-order valence-electron chi connectivity index (χ4n) is 1.99. The number of nitrogens with zero attached hydrogens (tertiary/aromatic N) is 1. The molecule has 0 aliphatic carbocycles. The highest BCUT2D eigenvalue weighted by molar-refractivity contribution is 7.99. The summed E-state index contributed by atoms with van der Waals surface area (Å²) in [5.41, 5.74) is 0. The fraction of sp³-hybridized carbons (Fsp3) is 0.917. The lowest BCUT2D eigenvalue weighted by molar-refractivity contribution is -0.132. The van der Waals surface area contributed by atoms with Gasteiger partial charge in [-0.05, 0) is 37.7 Å². The molecule has 1 unspecified atom stereocenters. The molecule has 1 aliphatic rings. The van der Waals surface area contributed by atoms with Crippen LogP contribution in [-0.4, -0.2) is 34.4 Å². The molecule has 0 radical (unpaired) electrons. The first kappa shape index (κ1) is 12.9. The number of hydrogen-bond acceptors (Lipinski definition) is 2. The zero-order chi connectivity index (χ0) is 11.4. The van der Waals surface area contributed by atoms with Crippen molar-refractivity contribution in [3.05, 3.63) is 0 Å². The minimum Gasteiger partial charge on any atom is -0.340 e. The van der Waals surface area contributed by atoms with Crippen molar-refractivity contribution >= 4 is 17.7 Å². The highest BCUT2D eigenvalue weighted by Gasteiger charge is 2.32. The summed E-state index contributed by atoms with van der Waals surface area (Å²) in [6, 6.07) is 0.375. The third-order valence-corrected chi connectivity index (χ3v) is 4.03. The first-order valence-electron chi connectivity index (χ1n) is 5.94. The zero-order valence-corrected chi connectivity index (χ0v) is 11.1. The number of likely N-dealkylation sites (tertiary alicyclic amines) is 1. The maximum Gasteiger partial charge on any atom is 0.226 e. The molecular weight excluding hydrogens is 206 g/mol. The predicted molar refractivity (Wildman–Crippen MR) is 67.2 cm³/mol. The summed E-state index contributed by atoms with van der Waals surface area (Å²) < 4.78 is 0. The van der Waals surface area contributed by atoms with E-state index >= 15 is 0 Å². The molecule has 0 spiro atoms. The lowest BCUT2D eigenvalue weighted by atomic mass is 10.1. The molecule has 0 N–H and O–H groups in total. The molecule has 3 heteroatoms. The Labute approximate surface area is 97.8 Å². The average Bonchev–Trinajstić information content (AvgIpc) is 2.47. The third kappa shape index (κ3) is 3.71. The van der Waals surface area contributed by atoms with Crippen molar-refractivity contribution in [2.45, 2.75) is 51.8 Å². The Bertz CT molecular complexity index is 216. The summed E-state index contributed by atoms with van der Waals surface area (Å²) in [6.45, 7) is 9.59. The number of carbonyl (C=O) groups is 1. The summed E-state index contributed by atoms with van der Waals surface area (Å²) >= 11 is 1.96. The number of carbonyl (C=O) groups excluding carboxylic acids is 1. The van der Waals surface area contributed by atoms with E-state index in [4.69, 9.17) is 0 Å². The van der Waals surface area contributed by atoms with Gasteiger partial charge in [0.05, 0.1) is 0 Å². The molecular formula is C12H23NOS. The van der Waals surface area contributed by atoms with Crippen LogP contribution in [-0.2, 0) is 4.79 Å². The van der Waals surface area contributed by atoms with Crippen molar-refractivity contribution in [3.8, 4) is 0 Å². The van der Waals surface area contributed by atoms with Gasteiger partial charge in [-0.25, -0.2) is 0 Å². The van der Waals surface area contributed by atoms with Crippen molar-refractivity contribution in [2.75, 3.05) is 12.3 Å². The van der Waals surface area contributed by atoms with Crippen molar-refractivity contribution < 1.29 is 4.79 Å². The molecule has 1 atom stereocenters. The molecule has 15 heavy (non-hydrogen) atoms. The molecule has 1 amide bonds. The van der Waals surface area contributed by atoms with Crippen LogP contribution in [0.4, 0.5) is 0 Å². The Morgan fingerprint density at radius 3 is 2.53 bits per heavy atom. The third-order valence-electron chi connectivity index (χ3n) is 2.89. The van der Waals surface area contributed by atoms with Crippen molar-refractivity contribution in [3.63, 3.8) is 0 Å². The van der Waals surface area contributed by atoms with Crippen molar-refractivity contribution in [1.82, 2.24) is 4.90 Å². The molecule has 0 aromatic rings. The second kappa shape index (κ2) is 5.78. The van der Waals surface area contributed by atoms with E-state index < -0.39 is 0 Å². The second-order valence-corrected chi connectivity index (χ2v) is 6.50. The minimum absolute atomic E-state index is 0.304. The summed E-state index contributed by atoms with van der Waals surface area (Å²) in [5, 5.41) is 0.683. The molecule has 88 valence electrons. The van der Waals surface area contributed by atoms with E-state index in [1.807, 2.05) is 16.7 Å². The standard InChI is InChI=1S/C12H23NOS/c1-9(2)13-7-5-11(12(13)14)6-8-15-10(3)4/h9-11H,5-8H2,1-4H3. The van der Waals surface area contributed by atoms with Crippen LogP contribution in [0.25, 0.3) is 0 Å². The highest BCUT2D eigenvalue weighted by atomic mass is 32.2. The van der Waals surface area contributed by atoms with Crippen LogP contribution in [0, 0.1) is 5.92 Å². The van der Waals surface area contributed by atoms with E-state index in [0.29, 0.717) is 23.1 Å². The van der Waals surface area contributed by atoms with Crippen LogP contribution in [0.15, 0.2) is 0 Å². The summed E-state index contributed by atoms with van der Waals surface area (Å²) in [5.74, 6) is 1.81. The van der Waals surface area contributed by atoms with Gasteiger partial charge in [0.2, 0.25) is 5.91 Å². The fourth-order valence-corrected chi connectivity index (χ4v) is 2.88. The van der Waals surface area contributed by atoms with Crippen LogP contribution in [0.1, 0.15) is 40.5 Å². The van der Waals surface area contributed by atoms with Gasteiger partial charge in [-0.1, -0.05) is 13.8 Å². The van der Waals surface area contributed by atoms with Crippen LogP contribution in [0.3, 0.4) is 0 Å². The van der Waals surface area contributed by atoms with Gasteiger partial charge in [0.25, 0.3) is 0 Å². The van der Waals surface area contributed by atoms with E-state index in [1.54, 1.807) is 0 Å². The smallest absolute Gasteiger partial charge is 0.226 e. The van der Waals surface area contributed by atoms with Crippen LogP contribution in [0.5, 0.6) is 0 Å². The molecule has 1 saturated heterocycles. The van der Waals surface area contributed by atoms with E-state index in [2.05, 4.69) is 27.7 Å². The molecule has 1 fully saturated rings. The van der Waals surface area contributed by atoms with Crippen molar-refractivity contribution in [1.29, 1.82) is 0 Å². The molecule has 0 aromatic carbocycles. The van der Waals surface area contributed by atoms with Crippen LogP contribution >= 0.6 is 11.8 Å². The summed E-state index contributed by atoms with van der Waals surface area (Å²) in [4.78, 5) is 14.0. The first-order valence-corrected chi connectivity index (χ1v) is 6.99. The SMILES string of the molecule is CC(C)SCCC1CCN(C(C)C)C1=O. The van der Waals surface area contributed by atoms with Gasteiger partial charge in [-0.15, -0.1) is 0 Å². The summed E-state index contributed by atoms with van der Waals surface area (Å²) in [7, 11) is 0. The van der Waals surface area contributed by atoms with E-state index in [-0.39, 0.29) is 0 Å². The highest BCUT2D eigenvalue weighted by Crippen LogP contribution is 2.25. The minimum atomic E-state index is 0.304. The first-order chi connectivity index (χ1) is 7.02. The number of rotatable bonds is 5. The van der Waals surface area contributed by atoms with Crippen LogP contribution in [0.2, 0.25) is 0 Å². The monoisotopic (exact) mass is 229 g/mol. The number of thioether (sulfide) groups is 1. The van der Waals surface area contributed by atoms with Gasteiger partial charge in [-0.3, -0.25) is 4.79 Å². The van der Waals surface area contributed by atoms with Gasteiger partial charge >= 0.3 is 0 Å². The normalized spacial score (nSPS) is 22.1. The molecule has 2 nitrogen and oxygen atoms in total. The number of hydrogen-bond donors (Lipinski definition) is 0. The van der Waals surface area contributed by atoms with Gasteiger partial charge in [-0.2, -0.15) is 11.8 Å². The van der Waals surface area contributed by atoms with E-state index in [0.717, 1.165) is 25.1 Å². The zero-order valence-electron chi connectivity index (χ0n) is 10.3. The second-order valence-electron chi connectivity index (χ2n) is 4.82. The van der Waals surface area contributed by atoms with Crippen LogP contribution < -0.4 is 0 Å². The lowest BCUT2D eigenvalue weighted by Crippen LogP contribution is -2.33.